The van der Waals surface area contributed by atoms with E-state index in [0.29, 0.717) is 22.7 Å². The molecule has 6 nitrogen and oxygen atoms in total. The third-order valence-corrected chi connectivity index (χ3v) is 3.15. The zero-order valence-corrected chi connectivity index (χ0v) is 11.8. The van der Waals surface area contributed by atoms with Gasteiger partial charge in [-0.05, 0) is 30.3 Å². The Labute approximate surface area is 126 Å². The number of nitrogens with zero attached hydrogens (tertiary/aromatic N) is 1. The van der Waals surface area contributed by atoms with Crippen LogP contribution < -0.4 is 11.1 Å². The average molecular weight is 308 g/mol. The molecule has 0 spiro atoms. The number of halogens is 1. The van der Waals surface area contributed by atoms with Crippen molar-refractivity contribution in [3.8, 4) is 0 Å². The first kappa shape index (κ1) is 14.9. The molecule has 1 aromatic heterocycles. The van der Waals surface area contributed by atoms with E-state index in [2.05, 4.69) is 10.5 Å². The van der Waals surface area contributed by atoms with E-state index in [-0.39, 0.29) is 18.2 Å². The van der Waals surface area contributed by atoms with Gasteiger partial charge in [0.2, 0.25) is 5.91 Å². The number of aryl methyl sites for hydroxylation is 1. The SMILES string of the molecule is N/C(=N/O)c1ccc(Cl)c(NC(=O)CCc2ccco2)c1. The summed E-state index contributed by atoms with van der Waals surface area (Å²) < 4.78 is 5.16. The summed E-state index contributed by atoms with van der Waals surface area (Å²) in [6, 6.07) is 8.28. The Kier molecular flexibility index (Phi) is 4.84. The zero-order chi connectivity index (χ0) is 15.2. The predicted molar refractivity (Wildman–Crippen MR) is 79.6 cm³/mol. The van der Waals surface area contributed by atoms with Gasteiger partial charge in [0.25, 0.3) is 0 Å². The van der Waals surface area contributed by atoms with Crippen molar-refractivity contribution in [2.45, 2.75) is 12.8 Å². The Bertz CT molecular complexity index is 653. The first-order valence-electron chi connectivity index (χ1n) is 6.20. The molecule has 0 atom stereocenters. The van der Waals surface area contributed by atoms with Crippen molar-refractivity contribution >= 4 is 29.0 Å². The van der Waals surface area contributed by atoms with Crippen LogP contribution in [0.15, 0.2) is 46.2 Å². The van der Waals surface area contributed by atoms with Gasteiger partial charge in [-0.2, -0.15) is 0 Å². The topological polar surface area (TPSA) is 101 Å². The van der Waals surface area contributed by atoms with Crippen LogP contribution in [0.1, 0.15) is 17.7 Å². The molecular weight excluding hydrogens is 294 g/mol. The number of carbonyl (C=O) groups is 1. The second kappa shape index (κ2) is 6.81. The Morgan fingerprint density at radius 2 is 2.24 bits per heavy atom. The summed E-state index contributed by atoms with van der Waals surface area (Å²) in [4.78, 5) is 11.9. The molecule has 1 aromatic carbocycles. The summed E-state index contributed by atoms with van der Waals surface area (Å²) >= 11 is 6.01. The Balaban J connectivity index is 2.02. The van der Waals surface area contributed by atoms with E-state index in [9.17, 15) is 4.79 Å². The van der Waals surface area contributed by atoms with Crippen LogP contribution in [-0.4, -0.2) is 17.0 Å². The van der Waals surface area contributed by atoms with Gasteiger partial charge in [0.05, 0.1) is 17.0 Å². The maximum absolute atomic E-state index is 11.9. The third kappa shape index (κ3) is 4.00. The number of nitrogens with two attached hydrogens (primary N) is 1. The molecule has 2 aromatic rings. The van der Waals surface area contributed by atoms with E-state index in [4.69, 9.17) is 27.0 Å². The molecule has 2 rings (SSSR count). The third-order valence-electron chi connectivity index (χ3n) is 2.82. The molecule has 0 bridgehead atoms. The maximum Gasteiger partial charge on any atom is 0.224 e. The molecule has 21 heavy (non-hydrogen) atoms. The molecular formula is C14H14ClN3O3. The number of benzene rings is 1. The number of amides is 1. The predicted octanol–water partition coefficient (Wildman–Crippen LogP) is 2.60. The second-order valence-electron chi connectivity index (χ2n) is 4.31. The quantitative estimate of drug-likeness (QED) is 0.342. The van der Waals surface area contributed by atoms with E-state index in [0.717, 1.165) is 5.76 Å². The van der Waals surface area contributed by atoms with Crippen LogP contribution in [0, 0.1) is 0 Å². The van der Waals surface area contributed by atoms with E-state index in [1.807, 2.05) is 0 Å². The van der Waals surface area contributed by atoms with Crippen LogP contribution >= 0.6 is 11.6 Å². The van der Waals surface area contributed by atoms with Gasteiger partial charge < -0.3 is 20.7 Å². The van der Waals surface area contributed by atoms with Gasteiger partial charge in [-0.3, -0.25) is 4.79 Å². The number of hydrogen-bond acceptors (Lipinski definition) is 4. The summed E-state index contributed by atoms with van der Waals surface area (Å²) in [7, 11) is 0. The average Bonchev–Trinajstić information content (AvgIpc) is 3.00. The highest BCUT2D eigenvalue weighted by atomic mass is 35.5. The van der Waals surface area contributed by atoms with Crippen molar-refractivity contribution < 1.29 is 14.4 Å². The number of hydrogen-bond donors (Lipinski definition) is 3. The molecule has 0 radical (unpaired) electrons. The molecule has 0 saturated heterocycles. The zero-order valence-electron chi connectivity index (χ0n) is 11.0. The number of oxime groups is 1. The highest BCUT2D eigenvalue weighted by molar-refractivity contribution is 6.33. The number of amidine groups is 1. The van der Waals surface area contributed by atoms with E-state index in [1.54, 1.807) is 36.6 Å². The lowest BCUT2D eigenvalue weighted by molar-refractivity contribution is -0.116. The van der Waals surface area contributed by atoms with Gasteiger partial charge in [-0.1, -0.05) is 16.8 Å². The van der Waals surface area contributed by atoms with Gasteiger partial charge in [0.1, 0.15) is 5.76 Å². The van der Waals surface area contributed by atoms with Crippen molar-refractivity contribution in [3.05, 3.63) is 52.9 Å². The molecule has 0 aliphatic carbocycles. The summed E-state index contributed by atoms with van der Waals surface area (Å²) in [6.45, 7) is 0. The van der Waals surface area contributed by atoms with Crippen molar-refractivity contribution in [2.24, 2.45) is 10.9 Å². The molecule has 7 heteroatoms. The molecule has 0 aliphatic rings. The van der Waals surface area contributed by atoms with E-state index < -0.39 is 0 Å². The van der Waals surface area contributed by atoms with E-state index >= 15 is 0 Å². The fourth-order valence-corrected chi connectivity index (χ4v) is 1.91. The summed E-state index contributed by atoms with van der Waals surface area (Å²) in [6.07, 6.45) is 2.32. The van der Waals surface area contributed by atoms with Gasteiger partial charge >= 0.3 is 0 Å². The fourth-order valence-electron chi connectivity index (χ4n) is 1.74. The molecule has 0 saturated carbocycles. The maximum atomic E-state index is 11.9. The Morgan fingerprint density at radius 3 is 2.90 bits per heavy atom. The number of nitrogens with one attached hydrogen (secondary N) is 1. The molecule has 1 amide bonds. The van der Waals surface area contributed by atoms with Crippen molar-refractivity contribution in [3.63, 3.8) is 0 Å². The monoisotopic (exact) mass is 307 g/mol. The lowest BCUT2D eigenvalue weighted by atomic mass is 10.1. The molecule has 0 unspecified atom stereocenters. The second-order valence-corrected chi connectivity index (χ2v) is 4.71. The summed E-state index contributed by atoms with van der Waals surface area (Å²) in [5, 5.41) is 14.6. The first-order chi connectivity index (χ1) is 10.1. The van der Waals surface area contributed by atoms with Crippen LogP contribution in [0.3, 0.4) is 0 Å². The standard InChI is InChI=1S/C14H14ClN3O3/c15-11-5-3-9(14(16)18-20)8-12(11)17-13(19)6-4-10-2-1-7-21-10/h1-3,5,7-8,20H,4,6H2,(H2,16,18)(H,17,19). The number of furan rings is 1. The van der Waals surface area contributed by atoms with Gasteiger partial charge in [0, 0.05) is 18.4 Å². The van der Waals surface area contributed by atoms with Gasteiger partial charge in [-0.25, -0.2) is 0 Å². The Hall–Kier alpha value is -2.47. The summed E-state index contributed by atoms with van der Waals surface area (Å²) in [5.74, 6) is 0.476. The van der Waals surface area contributed by atoms with Crippen LogP contribution in [0.4, 0.5) is 5.69 Å². The number of carbonyl (C=O) groups excluding carboxylic acids is 1. The van der Waals surface area contributed by atoms with Crippen LogP contribution in [0.2, 0.25) is 5.02 Å². The molecule has 110 valence electrons. The largest absolute Gasteiger partial charge is 0.469 e. The van der Waals surface area contributed by atoms with Gasteiger partial charge in [0.15, 0.2) is 5.84 Å². The molecule has 0 aliphatic heterocycles. The fraction of sp³-hybridized carbons (Fsp3) is 0.143. The minimum atomic E-state index is -0.204. The van der Waals surface area contributed by atoms with Crippen LogP contribution in [-0.2, 0) is 11.2 Å². The molecule has 1 heterocycles. The highest BCUT2D eigenvalue weighted by Gasteiger charge is 2.09. The number of anilines is 1. The van der Waals surface area contributed by atoms with Gasteiger partial charge in [-0.15, -0.1) is 0 Å². The van der Waals surface area contributed by atoms with Crippen molar-refractivity contribution in [1.82, 2.24) is 0 Å². The minimum Gasteiger partial charge on any atom is -0.469 e. The Morgan fingerprint density at radius 1 is 1.43 bits per heavy atom. The van der Waals surface area contributed by atoms with Crippen molar-refractivity contribution in [2.75, 3.05) is 5.32 Å². The molecule has 4 N–H and O–H groups in total. The smallest absolute Gasteiger partial charge is 0.224 e. The van der Waals surface area contributed by atoms with Crippen molar-refractivity contribution in [1.29, 1.82) is 0 Å². The summed E-state index contributed by atoms with van der Waals surface area (Å²) in [5.41, 5.74) is 6.37. The van der Waals surface area contributed by atoms with E-state index in [1.165, 1.54) is 0 Å². The molecule has 0 fully saturated rings. The lowest BCUT2D eigenvalue weighted by Crippen LogP contribution is -2.16. The first-order valence-corrected chi connectivity index (χ1v) is 6.57. The normalized spacial score (nSPS) is 11.4. The van der Waals surface area contributed by atoms with Crippen LogP contribution in [0.25, 0.3) is 0 Å². The number of rotatable bonds is 5. The lowest BCUT2D eigenvalue weighted by Gasteiger charge is -2.08. The minimum absolute atomic E-state index is 0.0576. The van der Waals surface area contributed by atoms with Crippen LogP contribution in [0.5, 0.6) is 0 Å². The highest BCUT2D eigenvalue weighted by Crippen LogP contribution is 2.23.